The molecule has 1 aromatic rings. The molecule has 1 saturated heterocycles. The Hall–Kier alpha value is -1.52. The van der Waals surface area contributed by atoms with Crippen LogP contribution in [0, 0.1) is 5.41 Å². The van der Waals surface area contributed by atoms with Crippen LogP contribution < -0.4 is 5.32 Å². The third-order valence-corrected chi connectivity index (χ3v) is 5.16. The van der Waals surface area contributed by atoms with Crippen LogP contribution in [0.3, 0.4) is 0 Å². The third-order valence-electron chi connectivity index (χ3n) is 5.16. The number of aromatic nitrogens is 2. The predicted molar refractivity (Wildman–Crippen MR) is 90.0 cm³/mol. The fourth-order valence-electron chi connectivity index (χ4n) is 3.97. The number of nitrogens with one attached hydrogen (secondary N) is 1. The molecule has 0 amide bonds. The summed E-state index contributed by atoms with van der Waals surface area (Å²) in [4.78, 5) is 7.33. The third kappa shape index (κ3) is 3.45. The Kier molecular flexibility index (Phi) is 4.69. The van der Waals surface area contributed by atoms with Crippen molar-refractivity contribution in [3.8, 4) is 0 Å². The molecule has 1 spiro atoms. The number of guanidine groups is 1. The summed E-state index contributed by atoms with van der Waals surface area (Å²) >= 11 is 0. The van der Waals surface area contributed by atoms with Crippen LogP contribution in [0.2, 0.25) is 0 Å². The number of likely N-dealkylation sites (tertiary alicyclic amines) is 1. The second-order valence-corrected chi connectivity index (χ2v) is 6.89. The van der Waals surface area contributed by atoms with Gasteiger partial charge in [0.05, 0.1) is 6.20 Å². The van der Waals surface area contributed by atoms with Gasteiger partial charge in [-0.1, -0.05) is 12.8 Å². The number of rotatable bonds is 4. The zero-order valence-electron chi connectivity index (χ0n) is 14.0. The summed E-state index contributed by atoms with van der Waals surface area (Å²) in [6.07, 6.45) is 12.0. The lowest BCUT2D eigenvalue weighted by atomic mass is 9.86. The highest BCUT2D eigenvalue weighted by atomic mass is 15.3. The van der Waals surface area contributed by atoms with E-state index in [1.807, 2.05) is 17.9 Å². The first-order valence-electron chi connectivity index (χ1n) is 8.72. The Morgan fingerprint density at radius 2 is 2.18 bits per heavy atom. The minimum Gasteiger partial charge on any atom is -0.357 e. The molecule has 2 aliphatic rings. The zero-order chi connectivity index (χ0) is 15.4. The predicted octanol–water partition coefficient (Wildman–Crippen LogP) is 2.19. The van der Waals surface area contributed by atoms with Crippen molar-refractivity contribution in [1.82, 2.24) is 20.0 Å². The van der Waals surface area contributed by atoms with E-state index in [-0.39, 0.29) is 0 Å². The van der Waals surface area contributed by atoms with Crippen molar-refractivity contribution in [2.75, 3.05) is 26.2 Å². The van der Waals surface area contributed by atoms with Crippen molar-refractivity contribution < 1.29 is 0 Å². The summed E-state index contributed by atoms with van der Waals surface area (Å²) in [6, 6.07) is 0. The molecule has 2 heterocycles. The van der Waals surface area contributed by atoms with Gasteiger partial charge in [-0.2, -0.15) is 5.10 Å². The molecule has 1 N–H and O–H groups in total. The number of nitrogens with zero attached hydrogens (tertiary/aromatic N) is 4. The van der Waals surface area contributed by atoms with Crippen LogP contribution >= 0.6 is 0 Å². The molecule has 2 fully saturated rings. The highest BCUT2D eigenvalue weighted by Crippen LogP contribution is 2.45. The maximum absolute atomic E-state index is 4.85. The van der Waals surface area contributed by atoms with Crippen molar-refractivity contribution in [2.45, 2.75) is 45.4 Å². The molecule has 0 aromatic carbocycles. The summed E-state index contributed by atoms with van der Waals surface area (Å²) in [5.41, 5.74) is 1.86. The Labute approximate surface area is 133 Å². The van der Waals surface area contributed by atoms with E-state index >= 15 is 0 Å². The number of aliphatic imine (C=N–C) groups is 1. The molecule has 0 unspecified atom stereocenters. The molecular weight excluding hydrogens is 274 g/mol. The summed E-state index contributed by atoms with van der Waals surface area (Å²) in [6.45, 7) is 6.29. The van der Waals surface area contributed by atoms with Crippen molar-refractivity contribution in [3.63, 3.8) is 0 Å². The molecule has 5 nitrogen and oxygen atoms in total. The second-order valence-electron chi connectivity index (χ2n) is 6.89. The van der Waals surface area contributed by atoms with Crippen molar-refractivity contribution in [2.24, 2.45) is 17.5 Å². The van der Waals surface area contributed by atoms with Gasteiger partial charge in [-0.3, -0.25) is 9.67 Å². The van der Waals surface area contributed by atoms with Crippen molar-refractivity contribution in [1.29, 1.82) is 0 Å². The quantitative estimate of drug-likeness (QED) is 0.685. The topological polar surface area (TPSA) is 45.5 Å². The first-order valence-corrected chi connectivity index (χ1v) is 8.72. The fourth-order valence-corrected chi connectivity index (χ4v) is 3.97. The Morgan fingerprint density at radius 1 is 1.36 bits per heavy atom. The molecule has 5 heteroatoms. The summed E-state index contributed by atoms with van der Waals surface area (Å²) in [7, 11) is 1.96. The standard InChI is InChI=1S/C17H29N5/c1-3-18-16(19-10-6-15-12-20-21(2)13-15)22-11-9-17(14-22)7-4-5-8-17/h12-13H,3-11,14H2,1-2H3,(H,18,19). The zero-order valence-corrected chi connectivity index (χ0v) is 14.0. The molecule has 1 aromatic heterocycles. The van der Waals surface area contributed by atoms with Gasteiger partial charge in [-0.05, 0) is 43.6 Å². The summed E-state index contributed by atoms with van der Waals surface area (Å²) in [5, 5.41) is 7.70. The SMILES string of the molecule is CCNC(=NCCc1cnn(C)c1)N1CCC2(CCCC2)C1. The van der Waals surface area contributed by atoms with E-state index in [0.29, 0.717) is 5.41 Å². The minimum absolute atomic E-state index is 0.597. The van der Waals surface area contributed by atoms with Crippen LogP contribution in [0.5, 0.6) is 0 Å². The minimum atomic E-state index is 0.597. The average Bonchev–Trinajstić information content (AvgIpc) is 3.22. The smallest absolute Gasteiger partial charge is 0.193 e. The Bertz CT molecular complexity index is 513. The molecular formula is C17H29N5. The van der Waals surface area contributed by atoms with Gasteiger partial charge in [0.15, 0.2) is 5.96 Å². The van der Waals surface area contributed by atoms with Gasteiger partial charge >= 0.3 is 0 Å². The maximum atomic E-state index is 4.85. The van der Waals surface area contributed by atoms with Crippen LogP contribution in [0.15, 0.2) is 17.4 Å². The Balaban J connectivity index is 1.58. The fraction of sp³-hybridized carbons (Fsp3) is 0.765. The molecule has 1 aliphatic carbocycles. The first-order chi connectivity index (χ1) is 10.7. The van der Waals surface area contributed by atoms with Gasteiger partial charge in [-0.15, -0.1) is 0 Å². The number of hydrogen-bond donors (Lipinski definition) is 1. The number of aryl methyl sites for hydroxylation is 1. The van der Waals surface area contributed by atoms with Crippen LogP contribution in [0.25, 0.3) is 0 Å². The van der Waals surface area contributed by atoms with Crippen LogP contribution in [0.4, 0.5) is 0 Å². The molecule has 1 aliphatic heterocycles. The van der Waals surface area contributed by atoms with Crippen molar-refractivity contribution >= 4 is 5.96 Å². The highest BCUT2D eigenvalue weighted by Gasteiger charge is 2.40. The molecule has 0 bridgehead atoms. The van der Waals surface area contributed by atoms with E-state index in [4.69, 9.17) is 4.99 Å². The van der Waals surface area contributed by atoms with Gasteiger partial charge in [-0.25, -0.2) is 0 Å². The second kappa shape index (κ2) is 6.71. The lowest BCUT2D eigenvalue weighted by Crippen LogP contribution is -2.41. The van der Waals surface area contributed by atoms with Crippen LogP contribution in [0.1, 0.15) is 44.6 Å². The summed E-state index contributed by atoms with van der Waals surface area (Å²) in [5.74, 6) is 1.11. The molecule has 22 heavy (non-hydrogen) atoms. The van der Waals surface area contributed by atoms with Gasteiger partial charge in [0, 0.05) is 39.4 Å². The van der Waals surface area contributed by atoms with Crippen molar-refractivity contribution in [3.05, 3.63) is 18.0 Å². The van der Waals surface area contributed by atoms with Gasteiger partial charge in [0.2, 0.25) is 0 Å². The molecule has 122 valence electrons. The average molecular weight is 303 g/mol. The van der Waals surface area contributed by atoms with Crippen LogP contribution in [-0.4, -0.2) is 46.8 Å². The van der Waals surface area contributed by atoms with E-state index in [0.717, 1.165) is 25.5 Å². The van der Waals surface area contributed by atoms with E-state index in [9.17, 15) is 0 Å². The monoisotopic (exact) mass is 303 g/mol. The number of hydrogen-bond acceptors (Lipinski definition) is 2. The molecule has 3 rings (SSSR count). The first kappa shape index (κ1) is 15.4. The lowest BCUT2D eigenvalue weighted by molar-refractivity contribution is 0.309. The largest absolute Gasteiger partial charge is 0.357 e. The normalized spacial score (nSPS) is 21.0. The van der Waals surface area contributed by atoms with Gasteiger partial charge < -0.3 is 10.2 Å². The van der Waals surface area contributed by atoms with E-state index in [2.05, 4.69) is 28.4 Å². The maximum Gasteiger partial charge on any atom is 0.193 e. The van der Waals surface area contributed by atoms with Gasteiger partial charge in [0.25, 0.3) is 0 Å². The van der Waals surface area contributed by atoms with Crippen LogP contribution in [-0.2, 0) is 13.5 Å². The lowest BCUT2D eigenvalue weighted by Gasteiger charge is -2.25. The Morgan fingerprint density at radius 3 is 2.86 bits per heavy atom. The van der Waals surface area contributed by atoms with E-state index in [1.165, 1.54) is 50.8 Å². The molecule has 0 radical (unpaired) electrons. The molecule has 0 atom stereocenters. The highest BCUT2D eigenvalue weighted by molar-refractivity contribution is 5.80. The van der Waals surface area contributed by atoms with Gasteiger partial charge in [0.1, 0.15) is 0 Å². The van der Waals surface area contributed by atoms with E-state index in [1.54, 1.807) is 0 Å². The summed E-state index contributed by atoms with van der Waals surface area (Å²) < 4.78 is 1.86. The molecule has 1 saturated carbocycles. The van der Waals surface area contributed by atoms with E-state index < -0.39 is 0 Å².